The Morgan fingerprint density at radius 2 is 1.75 bits per heavy atom. The summed E-state index contributed by atoms with van der Waals surface area (Å²) in [5.41, 5.74) is 6.01. The average molecular weight is 338 g/mol. The van der Waals surface area contributed by atoms with E-state index in [1.54, 1.807) is 0 Å². The number of carbonyl (C=O) groups excluding carboxylic acids is 2. The third kappa shape index (κ3) is 5.18. The Bertz CT molecular complexity index is 433. The first-order valence-corrected chi connectivity index (χ1v) is 9.44. The van der Waals surface area contributed by atoms with Gasteiger partial charge in [0.15, 0.2) is 0 Å². The molecule has 1 unspecified atom stereocenters. The highest BCUT2D eigenvalue weighted by Gasteiger charge is 2.28. The van der Waals surface area contributed by atoms with Crippen molar-refractivity contribution in [1.82, 2.24) is 14.7 Å². The quantitative estimate of drug-likeness (QED) is 0.809. The summed E-state index contributed by atoms with van der Waals surface area (Å²) < 4.78 is 0. The molecule has 0 aromatic rings. The van der Waals surface area contributed by atoms with Crippen LogP contribution in [0.2, 0.25) is 0 Å². The molecule has 2 atom stereocenters. The van der Waals surface area contributed by atoms with Gasteiger partial charge in [0.05, 0.1) is 12.6 Å². The minimum Gasteiger partial charge on any atom is -0.339 e. The van der Waals surface area contributed by atoms with Gasteiger partial charge in [0.25, 0.3) is 0 Å². The molecule has 2 N–H and O–H groups in total. The molecule has 2 aliphatic heterocycles. The van der Waals surface area contributed by atoms with Gasteiger partial charge < -0.3 is 15.5 Å². The van der Waals surface area contributed by atoms with Gasteiger partial charge in [-0.1, -0.05) is 13.8 Å². The third-order valence-corrected chi connectivity index (χ3v) is 5.21. The minimum absolute atomic E-state index is 0.0549. The smallest absolute Gasteiger partial charge is 0.239 e. The maximum absolute atomic E-state index is 12.5. The van der Waals surface area contributed by atoms with Crippen LogP contribution in [0.4, 0.5) is 0 Å². The molecule has 0 aliphatic carbocycles. The van der Waals surface area contributed by atoms with Crippen molar-refractivity contribution in [3.63, 3.8) is 0 Å². The Kier molecular flexibility index (Phi) is 7.04. The van der Waals surface area contributed by atoms with E-state index in [-0.39, 0.29) is 11.8 Å². The van der Waals surface area contributed by atoms with Crippen LogP contribution >= 0.6 is 0 Å². The van der Waals surface area contributed by atoms with Crippen LogP contribution < -0.4 is 5.73 Å². The number of piperidine rings is 1. The Morgan fingerprint density at radius 3 is 2.33 bits per heavy atom. The van der Waals surface area contributed by atoms with Crippen molar-refractivity contribution in [2.24, 2.45) is 11.7 Å². The number of nitrogens with zero attached hydrogens (tertiary/aromatic N) is 3. The van der Waals surface area contributed by atoms with Crippen molar-refractivity contribution in [1.29, 1.82) is 0 Å². The summed E-state index contributed by atoms with van der Waals surface area (Å²) in [6.45, 7) is 10.5. The van der Waals surface area contributed by atoms with E-state index in [1.807, 2.05) is 9.80 Å². The van der Waals surface area contributed by atoms with Crippen LogP contribution in [0.1, 0.15) is 46.5 Å². The zero-order valence-corrected chi connectivity index (χ0v) is 15.5. The zero-order valence-electron chi connectivity index (χ0n) is 15.5. The molecule has 2 heterocycles. The molecule has 2 fully saturated rings. The molecule has 0 aromatic heterocycles. The second kappa shape index (κ2) is 8.81. The second-order valence-corrected chi connectivity index (χ2v) is 7.77. The van der Waals surface area contributed by atoms with Crippen LogP contribution in [0.15, 0.2) is 0 Å². The standard InChI is InChI=1S/C18H34N4O2/c1-14(2)12-16(19)18(24)21-10-8-20(9-11-21)13-17(23)22-7-5-4-6-15(22)3/h14-16H,4-13,19H2,1-3H3/t15?,16-/m0/s1. The molecule has 6 nitrogen and oxygen atoms in total. The molecule has 0 bridgehead atoms. The number of carbonyl (C=O) groups is 2. The Morgan fingerprint density at radius 1 is 1.08 bits per heavy atom. The van der Waals surface area contributed by atoms with Gasteiger partial charge in [0.1, 0.15) is 0 Å². The first-order chi connectivity index (χ1) is 11.4. The fourth-order valence-electron chi connectivity index (χ4n) is 3.72. The summed E-state index contributed by atoms with van der Waals surface area (Å²) >= 11 is 0. The fraction of sp³-hybridized carbons (Fsp3) is 0.889. The molecule has 2 aliphatic rings. The lowest BCUT2D eigenvalue weighted by atomic mass is 10.0. The van der Waals surface area contributed by atoms with Crippen molar-refractivity contribution >= 4 is 11.8 Å². The van der Waals surface area contributed by atoms with E-state index in [0.717, 1.165) is 38.9 Å². The van der Waals surface area contributed by atoms with Crippen LogP contribution in [0, 0.1) is 5.92 Å². The van der Waals surface area contributed by atoms with Gasteiger partial charge in [-0.3, -0.25) is 14.5 Å². The Hall–Kier alpha value is -1.14. The molecule has 2 amide bonds. The maximum atomic E-state index is 12.5. The second-order valence-electron chi connectivity index (χ2n) is 7.77. The van der Waals surface area contributed by atoms with Crippen molar-refractivity contribution in [3.8, 4) is 0 Å². The number of hydrogen-bond acceptors (Lipinski definition) is 4. The SMILES string of the molecule is CC(C)C[C@H](N)C(=O)N1CCN(CC(=O)N2CCCCC2C)CC1. The first kappa shape index (κ1) is 19.2. The van der Waals surface area contributed by atoms with Gasteiger partial charge in [-0.2, -0.15) is 0 Å². The van der Waals surface area contributed by atoms with Gasteiger partial charge in [-0.05, 0) is 38.5 Å². The predicted octanol–water partition coefficient (Wildman–Crippen LogP) is 0.905. The van der Waals surface area contributed by atoms with Crippen LogP contribution in [-0.2, 0) is 9.59 Å². The predicted molar refractivity (Wildman–Crippen MR) is 95.5 cm³/mol. The van der Waals surface area contributed by atoms with Crippen LogP contribution in [0.25, 0.3) is 0 Å². The molecule has 0 radical (unpaired) electrons. The summed E-state index contributed by atoms with van der Waals surface area (Å²) in [6.07, 6.45) is 4.18. The Balaban J connectivity index is 1.76. The van der Waals surface area contributed by atoms with E-state index in [2.05, 4.69) is 25.7 Å². The average Bonchev–Trinajstić information content (AvgIpc) is 2.54. The third-order valence-electron chi connectivity index (χ3n) is 5.21. The molecule has 0 spiro atoms. The van der Waals surface area contributed by atoms with E-state index < -0.39 is 6.04 Å². The van der Waals surface area contributed by atoms with Gasteiger partial charge >= 0.3 is 0 Å². The molecular weight excluding hydrogens is 304 g/mol. The minimum atomic E-state index is -0.396. The fourth-order valence-corrected chi connectivity index (χ4v) is 3.72. The van der Waals surface area contributed by atoms with Crippen molar-refractivity contribution in [2.75, 3.05) is 39.3 Å². The van der Waals surface area contributed by atoms with E-state index in [1.165, 1.54) is 6.42 Å². The molecule has 0 aromatic carbocycles. The molecule has 6 heteroatoms. The lowest BCUT2D eigenvalue weighted by Gasteiger charge is -2.38. The van der Waals surface area contributed by atoms with Crippen molar-refractivity contribution in [3.05, 3.63) is 0 Å². The topological polar surface area (TPSA) is 69.9 Å². The number of hydrogen-bond donors (Lipinski definition) is 1. The van der Waals surface area contributed by atoms with Gasteiger partial charge in [0.2, 0.25) is 11.8 Å². The van der Waals surface area contributed by atoms with Crippen LogP contribution in [0.3, 0.4) is 0 Å². The molecule has 24 heavy (non-hydrogen) atoms. The molecule has 0 saturated carbocycles. The number of amides is 2. The summed E-state index contributed by atoms with van der Waals surface area (Å²) in [7, 11) is 0. The van der Waals surface area contributed by atoms with E-state index >= 15 is 0 Å². The van der Waals surface area contributed by atoms with Crippen LogP contribution in [-0.4, -0.2) is 77.9 Å². The van der Waals surface area contributed by atoms with E-state index in [0.29, 0.717) is 31.6 Å². The lowest BCUT2D eigenvalue weighted by molar-refractivity contribution is -0.137. The van der Waals surface area contributed by atoms with Gasteiger partial charge in [-0.15, -0.1) is 0 Å². The number of nitrogens with two attached hydrogens (primary N) is 1. The maximum Gasteiger partial charge on any atom is 0.239 e. The normalized spacial score (nSPS) is 24.3. The lowest BCUT2D eigenvalue weighted by Crippen LogP contribution is -2.55. The summed E-state index contributed by atoms with van der Waals surface area (Å²) in [5, 5.41) is 0. The number of piperazine rings is 1. The van der Waals surface area contributed by atoms with Crippen LogP contribution in [0.5, 0.6) is 0 Å². The van der Waals surface area contributed by atoms with Crippen molar-refractivity contribution < 1.29 is 9.59 Å². The molecule has 2 saturated heterocycles. The van der Waals surface area contributed by atoms with Crippen molar-refractivity contribution in [2.45, 2.75) is 58.5 Å². The number of rotatable bonds is 5. The van der Waals surface area contributed by atoms with E-state index in [4.69, 9.17) is 5.73 Å². The Labute approximate surface area is 146 Å². The summed E-state index contributed by atoms with van der Waals surface area (Å²) in [6, 6.07) is -0.0319. The zero-order chi connectivity index (χ0) is 17.7. The first-order valence-electron chi connectivity index (χ1n) is 9.44. The molecule has 138 valence electrons. The number of likely N-dealkylation sites (tertiary alicyclic amines) is 1. The van der Waals surface area contributed by atoms with Gasteiger partial charge in [0, 0.05) is 38.8 Å². The van der Waals surface area contributed by atoms with Gasteiger partial charge in [-0.25, -0.2) is 0 Å². The molecular formula is C18H34N4O2. The van der Waals surface area contributed by atoms with E-state index in [9.17, 15) is 9.59 Å². The molecule has 2 rings (SSSR count). The summed E-state index contributed by atoms with van der Waals surface area (Å²) in [5.74, 6) is 0.715. The monoisotopic (exact) mass is 338 g/mol. The highest BCUT2D eigenvalue weighted by molar-refractivity contribution is 5.82. The summed E-state index contributed by atoms with van der Waals surface area (Å²) in [4.78, 5) is 30.9. The highest BCUT2D eigenvalue weighted by Crippen LogP contribution is 2.17. The highest BCUT2D eigenvalue weighted by atomic mass is 16.2. The largest absolute Gasteiger partial charge is 0.339 e.